The van der Waals surface area contributed by atoms with Crippen LogP contribution in [0.1, 0.15) is 30.5 Å². The van der Waals surface area contributed by atoms with Crippen molar-refractivity contribution in [1.29, 1.82) is 0 Å². The highest BCUT2D eigenvalue weighted by molar-refractivity contribution is 6.30. The summed E-state index contributed by atoms with van der Waals surface area (Å²) in [6.07, 6.45) is 2.86. The molecule has 1 aromatic rings. The molecule has 2 heterocycles. The van der Waals surface area contributed by atoms with E-state index in [-0.39, 0.29) is 6.10 Å². The molecule has 0 bridgehead atoms. The molecular formula is C14H25ClN4O. The number of aryl methyl sites for hydroxylation is 2. The van der Waals surface area contributed by atoms with Crippen molar-refractivity contribution in [3.63, 3.8) is 0 Å². The maximum atomic E-state index is 9.46. The van der Waals surface area contributed by atoms with Crippen molar-refractivity contribution < 1.29 is 5.11 Å². The standard InChI is InChI=1S/C14H25ClN4O/c1-11-13(14(15)18(2)17-11)10-16-6-3-7-19-8-4-12(20)5-9-19/h12,16,20H,3-10H2,1-2H3. The zero-order valence-electron chi connectivity index (χ0n) is 12.4. The number of hydrogen-bond acceptors (Lipinski definition) is 4. The van der Waals surface area contributed by atoms with Gasteiger partial charge in [0.1, 0.15) is 5.15 Å². The van der Waals surface area contributed by atoms with Crippen molar-refractivity contribution in [2.75, 3.05) is 26.2 Å². The molecule has 0 aliphatic carbocycles. The van der Waals surface area contributed by atoms with Crippen LogP contribution in [0.25, 0.3) is 0 Å². The highest BCUT2D eigenvalue weighted by Crippen LogP contribution is 2.18. The molecule has 1 aliphatic rings. The lowest BCUT2D eigenvalue weighted by Gasteiger charge is -2.29. The molecule has 2 rings (SSSR count). The van der Waals surface area contributed by atoms with Crippen molar-refractivity contribution in [3.05, 3.63) is 16.4 Å². The predicted octanol–water partition coefficient (Wildman–Crippen LogP) is 1.32. The van der Waals surface area contributed by atoms with E-state index in [0.29, 0.717) is 0 Å². The Balaban J connectivity index is 1.62. The topological polar surface area (TPSA) is 53.3 Å². The number of nitrogens with one attached hydrogen (secondary N) is 1. The van der Waals surface area contributed by atoms with Crippen molar-refractivity contribution in [2.24, 2.45) is 7.05 Å². The number of likely N-dealkylation sites (tertiary alicyclic amines) is 1. The van der Waals surface area contributed by atoms with Crippen LogP contribution in [0.4, 0.5) is 0 Å². The van der Waals surface area contributed by atoms with E-state index in [2.05, 4.69) is 15.3 Å². The first-order valence-corrected chi connectivity index (χ1v) is 7.75. The van der Waals surface area contributed by atoms with Gasteiger partial charge in [-0.1, -0.05) is 11.6 Å². The molecule has 20 heavy (non-hydrogen) atoms. The largest absolute Gasteiger partial charge is 0.393 e. The number of rotatable bonds is 6. The number of nitrogens with zero attached hydrogens (tertiary/aromatic N) is 3. The molecule has 0 amide bonds. The first kappa shape index (κ1) is 15.8. The fourth-order valence-electron chi connectivity index (χ4n) is 2.66. The minimum atomic E-state index is -0.0833. The first-order valence-electron chi connectivity index (χ1n) is 7.37. The van der Waals surface area contributed by atoms with Gasteiger partial charge in [-0.2, -0.15) is 5.10 Å². The third kappa shape index (κ3) is 4.19. The second kappa shape index (κ2) is 7.41. The number of aliphatic hydroxyl groups is 1. The Labute approximate surface area is 125 Å². The van der Waals surface area contributed by atoms with E-state index in [1.165, 1.54) is 0 Å². The lowest BCUT2D eigenvalue weighted by molar-refractivity contribution is 0.0821. The molecule has 1 saturated heterocycles. The van der Waals surface area contributed by atoms with Gasteiger partial charge >= 0.3 is 0 Å². The van der Waals surface area contributed by atoms with E-state index in [9.17, 15) is 5.11 Å². The van der Waals surface area contributed by atoms with Crippen LogP contribution in [0.2, 0.25) is 5.15 Å². The van der Waals surface area contributed by atoms with E-state index in [1.807, 2.05) is 14.0 Å². The molecule has 0 radical (unpaired) electrons. The molecule has 2 N–H and O–H groups in total. The molecule has 114 valence electrons. The molecule has 0 saturated carbocycles. The summed E-state index contributed by atoms with van der Waals surface area (Å²) in [4.78, 5) is 2.43. The normalized spacial score (nSPS) is 17.8. The van der Waals surface area contributed by atoms with E-state index in [0.717, 1.165) is 68.4 Å². The van der Waals surface area contributed by atoms with Crippen molar-refractivity contribution in [1.82, 2.24) is 20.0 Å². The Bertz CT molecular complexity index is 427. The maximum absolute atomic E-state index is 9.46. The van der Waals surface area contributed by atoms with Crippen LogP contribution in [0.3, 0.4) is 0 Å². The molecule has 6 heteroatoms. The van der Waals surface area contributed by atoms with Gasteiger partial charge in [-0.05, 0) is 39.3 Å². The van der Waals surface area contributed by atoms with Gasteiger partial charge in [0.25, 0.3) is 0 Å². The lowest BCUT2D eigenvalue weighted by Crippen LogP contribution is -2.37. The van der Waals surface area contributed by atoms with Crippen molar-refractivity contribution in [2.45, 2.75) is 38.8 Å². The number of aliphatic hydroxyl groups excluding tert-OH is 1. The summed E-state index contributed by atoms with van der Waals surface area (Å²) in [6.45, 7) is 6.88. The Hall–Kier alpha value is -0.620. The molecule has 1 aromatic heterocycles. The van der Waals surface area contributed by atoms with Crippen molar-refractivity contribution >= 4 is 11.6 Å². The van der Waals surface area contributed by atoms with E-state index in [4.69, 9.17) is 11.6 Å². The summed E-state index contributed by atoms with van der Waals surface area (Å²) in [6, 6.07) is 0. The number of aromatic nitrogens is 2. The summed E-state index contributed by atoms with van der Waals surface area (Å²) in [7, 11) is 1.86. The fourth-order valence-corrected chi connectivity index (χ4v) is 2.90. The molecular weight excluding hydrogens is 276 g/mol. The molecule has 5 nitrogen and oxygen atoms in total. The second-order valence-corrected chi connectivity index (χ2v) is 5.94. The average molecular weight is 301 g/mol. The number of piperidine rings is 1. The zero-order chi connectivity index (χ0) is 14.5. The van der Waals surface area contributed by atoms with Gasteiger partial charge in [0.15, 0.2) is 0 Å². The van der Waals surface area contributed by atoms with Crippen LogP contribution in [0, 0.1) is 6.92 Å². The van der Waals surface area contributed by atoms with Gasteiger partial charge in [-0.15, -0.1) is 0 Å². The van der Waals surface area contributed by atoms with Gasteiger partial charge in [0.05, 0.1) is 11.8 Å². The Morgan fingerprint density at radius 1 is 1.40 bits per heavy atom. The molecule has 0 spiro atoms. The number of halogens is 1. The molecule has 1 aliphatic heterocycles. The second-order valence-electron chi connectivity index (χ2n) is 5.58. The van der Waals surface area contributed by atoms with Gasteiger partial charge in [-0.3, -0.25) is 4.68 Å². The Morgan fingerprint density at radius 3 is 2.70 bits per heavy atom. The lowest BCUT2D eigenvalue weighted by atomic mass is 10.1. The highest BCUT2D eigenvalue weighted by Gasteiger charge is 2.16. The average Bonchev–Trinajstić information content (AvgIpc) is 2.66. The molecule has 0 aromatic carbocycles. The molecule has 0 atom stereocenters. The van der Waals surface area contributed by atoms with Crippen LogP contribution in [-0.4, -0.2) is 52.1 Å². The SMILES string of the molecule is Cc1nn(C)c(Cl)c1CNCCCN1CCC(O)CC1. The van der Waals surface area contributed by atoms with Crippen LogP contribution in [0.5, 0.6) is 0 Å². The monoisotopic (exact) mass is 300 g/mol. The zero-order valence-corrected chi connectivity index (χ0v) is 13.2. The highest BCUT2D eigenvalue weighted by atomic mass is 35.5. The third-order valence-electron chi connectivity index (χ3n) is 3.96. The molecule has 0 unspecified atom stereocenters. The Kier molecular flexibility index (Phi) is 5.84. The predicted molar refractivity (Wildman–Crippen MR) is 81.0 cm³/mol. The first-order chi connectivity index (χ1) is 9.58. The van der Waals surface area contributed by atoms with Crippen LogP contribution in [-0.2, 0) is 13.6 Å². The summed E-state index contributed by atoms with van der Waals surface area (Å²) >= 11 is 6.19. The minimum absolute atomic E-state index is 0.0833. The van der Waals surface area contributed by atoms with Gasteiger partial charge < -0.3 is 15.3 Å². The van der Waals surface area contributed by atoms with Crippen LogP contribution < -0.4 is 5.32 Å². The fraction of sp³-hybridized carbons (Fsp3) is 0.786. The van der Waals surface area contributed by atoms with Gasteiger partial charge in [-0.25, -0.2) is 0 Å². The summed E-state index contributed by atoms with van der Waals surface area (Å²) in [5, 5.41) is 17.9. The van der Waals surface area contributed by atoms with E-state index < -0.39 is 0 Å². The van der Waals surface area contributed by atoms with Gasteiger partial charge in [0.2, 0.25) is 0 Å². The summed E-state index contributed by atoms with van der Waals surface area (Å²) < 4.78 is 1.72. The number of hydrogen-bond donors (Lipinski definition) is 2. The van der Waals surface area contributed by atoms with E-state index in [1.54, 1.807) is 4.68 Å². The summed E-state index contributed by atoms with van der Waals surface area (Å²) in [5.41, 5.74) is 2.09. The molecule has 1 fully saturated rings. The summed E-state index contributed by atoms with van der Waals surface area (Å²) in [5.74, 6) is 0. The third-order valence-corrected chi connectivity index (χ3v) is 4.43. The van der Waals surface area contributed by atoms with E-state index >= 15 is 0 Å². The quantitative estimate of drug-likeness (QED) is 0.778. The maximum Gasteiger partial charge on any atom is 0.131 e. The Morgan fingerprint density at radius 2 is 2.10 bits per heavy atom. The van der Waals surface area contributed by atoms with Crippen LogP contribution in [0.15, 0.2) is 0 Å². The minimum Gasteiger partial charge on any atom is -0.393 e. The smallest absolute Gasteiger partial charge is 0.131 e. The van der Waals surface area contributed by atoms with Crippen LogP contribution >= 0.6 is 11.6 Å². The van der Waals surface area contributed by atoms with Crippen molar-refractivity contribution in [3.8, 4) is 0 Å². The van der Waals surface area contributed by atoms with Gasteiger partial charge in [0, 0.05) is 32.2 Å².